The number of ether oxygens (including phenoxy) is 1. The van der Waals surface area contributed by atoms with Gasteiger partial charge < -0.3 is 20.3 Å². The average molecular weight is 1070 g/mol. The number of carbonyl (C=O) groups is 2. The van der Waals surface area contributed by atoms with E-state index in [0.29, 0.717) is 19.4 Å². The van der Waals surface area contributed by atoms with Crippen LogP contribution in [0.2, 0.25) is 0 Å². The zero-order valence-corrected chi connectivity index (χ0v) is 51.8. The number of hydrogen-bond acceptors (Lipinski definition) is 5. The van der Waals surface area contributed by atoms with E-state index in [1.165, 1.54) is 334 Å². The summed E-state index contributed by atoms with van der Waals surface area (Å²) in [7, 11) is 0. The van der Waals surface area contributed by atoms with Crippen LogP contribution in [0, 0.1) is 0 Å². The highest BCUT2D eigenvalue weighted by molar-refractivity contribution is 5.76. The molecule has 3 N–H and O–H groups in total. The molecule has 2 unspecified atom stereocenters. The van der Waals surface area contributed by atoms with Gasteiger partial charge in [-0.3, -0.25) is 9.59 Å². The second-order valence-corrected chi connectivity index (χ2v) is 24.2. The first-order valence-electron chi connectivity index (χ1n) is 35.0. The summed E-state index contributed by atoms with van der Waals surface area (Å²) in [5, 5.41) is 23.1. The fourth-order valence-corrected chi connectivity index (χ4v) is 11.2. The number of aliphatic hydroxyl groups excluding tert-OH is 2. The highest BCUT2D eigenvalue weighted by Gasteiger charge is 2.18. The third-order valence-electron chi connectivity index (χ3n) is 16.6. The molecule has 0 fully saturated rings. The van der Waals surface area contributed by atoms with Crippen molar-refractivity contribution in [1.29, 1.82) is 0 Å². The van der Waals surface area contributed by atoms with Gasteiger partial charge in [0.2, 0.25) is 5.91 Å². The van der Waals surface area contributed by atoms with Gasteiger partial charge in [0, 0.05) is 12.8 Å². The number of rotatable bonds is 66. The molecule has 0 aromatic heterocycles. The molecule has 76 heavy (non-hydrogen) atoms. The Hall–Kier alpha value is -1.40. The second kappa shape index (κ2) is 66.1. The number of esters is 1. The molecular weight excluding hydrogens is 935 g/mol. The van der Waals surface area contributed by atoms with E-state index in [2.05, 4.69) is 19.2 Å². The molecule has 6 heteroatoms. The fourth-order valence-electron chi connectivity index (χ4n) is 11.2. The van der Waals surface area contributed by atoms with Crippen molar-refractivity contribution in [1.82, 2.24) is 5.32 Å². The van der Waals surface area contributed by atoms with Crippen LogP contribution in [0.4, 0.5) is 0 Å². The van der Waals surface area contributed by atoms with Crippen molar-refractivity contribution in [3.8, 4) is 0 Å². The predicted octanol–water partition coefficient (Wildman–Crippen LogP) is 22.4. The molecule has 2 atom stereocenters. The van der Waals surface area contributed by atoms with E-state index >= 15 is 0 Å². The molecule has 0 rings (SSSR count). The summed E-state index contributed by atoms with van der Waals surface area (Å²) in [5.41, 5.74) is 0. The van der Waals surface area contributed by atoms with E-state index in [1.807, 2.05) is 6.08 Å². The van der Waals surface area contributed by atoms with E-state index in [4.69, 9.17) is 4.74 Å². The van der Waals surface area contributed by atoms with Gasteiger partial charge in [0.05, 0.1) is 25.4 Å². The minimum Gasteiger partial charge on any atom is -0.466 e. The Morgan fingerprint density at radius 2 is 0.605 bits per heavy atom. The van der Waals surface area contributed by atoms with Crippen molar-refractivity contribution in [2.45, 2.75) is 411 Å². The number of allylic oxidation sites excluding steroid dienone is 1. The molecule has 0 heterocycles. The van der Waals surface area contributed by atoms with Gasteiger partial charge >= 0.3 is 5.97 Å². The van der Waals surface area contributed by atoms with E-state index in [1.54, 1.807) is 6.08 Å². The Balaban J connectivity index is 3.33. The number of unbranched alkanes of at least 4 members (excludes halogenated alkanes) is 55. The lowest BCUT2D eigenvalue weighted by atomic mass is 10.0. The van der Waals surface area contributed by atoms with Crippen LogP contribution in [0.5, 0.6) is 0 Å². The Kier molecular flexibility index (Phi) is 64.9. The summed E-state index contributed by atoms with van der Waals surface area (Å²) >= 11 is 0. The zero-order chi connectivity index (χ0) is 55.0. The lowest BCUT2D eigenvalue weighted by Gasteiger charge is -2.20. The maximum absolute atomic E-state index is 12.5. The van der Waals surface area contributed by atoms with Gasteiger partial charge in [-0.25, -0.2) is 0 Å². The minimum absolute atomic E-state index is 0.0226. The topological polar surface area (TPSA) is 95.9 Å². The molecule has 1 amide bonds. The number of aliphatic hydroxyl groups is 2. The first-order valence-corrected chi connectivity index (χ1v) is 35.0. The minimum atomic E-state index is -0.842. The zero-order valence-electron chi connectivity index (χ0n) is 51.8. The van der Waals surface area contributed by atoms with Crippen molar-refractivity contribution in [2.24, 2.45) is 0 Å². The Morgan fingerprint density at radius 1 is 0.355 bits per heavy atom. The smallest absolute Gasteiger partial charge is 0.305 e. The van der Waals surface area contributed by atoms with Gasteiger partial charge in [-0.1, -0.05) is 366 Å². The molecule has 0 aliphatic heterocycles. The lowest BCUT2D eigenvalue weighted by molar-refractivity contribution is -0.143. The second-order valence-electron chi connectivity index (χ2n) is 24.2. The third kappa shape index (κ3) is 61.8. The molecule has 0 bridgehead atoms. The summed E-state index contributed by atoms with van der Waals surface area (Å²) in [6.45, 7) is 4.94. The van der Waals surface area contributed by atoms with Gasteiger partial charge in [0.15, 0.2) is 0 Å². The van der Waals surface area contributed by atoms with Gasteiger partial charge in [-0.15, -0.1) is 0 Å². The Labute approximate surface area is 476 Å². The van der Waals surface area contributed by atoms with Crippen LogP contribution in [-0.4, -0.2) is 47.4 Å². The third-order valence-corrected chi connectivity index (χ3v) is 16.6. The van der Waals surface area contributed by atoms with E-state index in [-0.39, 0.29) is 18.5 Å². The Bertz CT molecular complexity index is 1140. The van der Waals surface area contributed by atoms with Crippen molar-refractivity contribution >= 4 is 11.9 Å². The van der Waals surface area contributed by atoms with Crippen LogP contribution in [0.15, 0.2) is 12.2 Å². The van der Waals surface area contributed by atoms with Crippen molar-refractivity contribution < 1.29 is 24.5 Å². The summed E-state index contributed by atoms with van der Waals surface area (Å²) in [5.74, 6) is -0.0406. The quantitative estimate of drug-likeness (QED) is 0.0320. The molecule has 0 aromatic rings. The maximum atomic E-state index is 12.5. The number of hydrogen-bond donors (Lipinski definition) is 3. The molecule has 0 spiro atoms. The molecule has 0 saturated carbocycles. The molecule has 0 aromatic carbocycles. The fraction of sp³-hybridized carbons (Fsp3) is 0.943. The first-order chi connectivity index (χ1) is 37.5. The molecule has 6 nitrogen and oxygen atoms in total. The van der Waals surface area contributed by atoms with Crippen molar-refractivity contribution in [2.75, 3.05) is 13.2 Å². The normalized spacial score (nSPS) is 12.5. The monoisotopic (exact) mass is 1070 g/mol. The number of amides is 1. The van der Waals surface area contributed by atoms with Crippen LogP contribution in [0.25, 0.3) is 0 Å². The van der Waals surface area contributed by atoms with Gasteiger partial charge in [0.1, 0.15) is 0 Å². The molecule has 0 aliphatic carbocycles. The molecular formula is C70H137NO5. The van der Waals surface area contributed by atoms with Crippen LogP contribution < -0.4 is 5.32 Å². The molecule has 0 aliphatic rings. The summed E-state index contributed by atoms with van der Waals surface area (Å²) in [4.78, 5) is 24.6. The molecule has 0 radical (unpaired) electrons. The van der Waals surface area contributed by atoms with Gasteiger partial charge in [0.25, 0.3) is 0 Å². The maximum Gasteiger partial charge on any atom is 0.305 e. The molecule has 0 saturated heterocycles. The largest absolute Gasteiger partial charge is 0.466 e. The summed E-state index contributed by atoms with van der Waals surface area (Å²) in [6.07, 6.45) is 81.5. The van der Waals surface area contributed by atoms with E-state index in [9.17, 15) is 19.8 Å². The highest BCUT2D eigenvalue weighted by atomic mass is 16.5. The predicted molar refractivity (Wildman–Crippen MR) is 333 cm³/mol. The van der Waals surface area contributed by atoms with Crippen molar-refractivity contribution in [3.05, 3.63) is 12.2 Å². The molecule has 452 valence electrons. The summed E-state index contributed by atoms with van der Waals surface area (Å²) < 4.78 is 5.51. The van der Waals surface area contributed by atoms with Crippen LogP contribution >= 0.6 is 0 Å². The highest BCUT2D eigenvalue weighted by Crippen LogP contribution is 2.19. The first kappa shape index (κ1) is 74.6. The van der Waals surface area contributed by atoms with Crippen LogP contribution in [0.3, 0.4) is 0 Å². The van der Waals surface area contributed by atoms with Gasteiger partial charge in [-0.2, -0.15) is 0 Å². The van der Waals surface area contributed by atoms with Crippen LogP contribution in [-0.2, 0) is 14.3 Å². The average Bonchev–Trinajstić information content (AvgIpc) is 3.42. The lowest BCUT2D eigenvalue weighted by Crippen LogP contribution is -2.45. The number of nitrogens with one attached hydrogen (secondary N) is 1. The summed E-state index contributed by atoms with van der Waals surface area (Å²) in [6, 6.07) is -0.625. The Morgan fingerprint density at radius 3 is 0.895 bits per heavy atom. The van der Waals surface area contributed by atoms with Gasteiger partial charge in [-0.05, 0) is 32.1 Å². The van der Waals surface area contributed by atoms with Crippen molar-refractivity contribution in [3.63, 3.8) is 0 Å². The number of carbonyl (C=O) groups excluding carboxylic acids is 2. The van der Waals surface area contributed by atoms with Crippen LogP contribution in [0.1, 0.15) is 399 Å². The van der Waals surface area contributed by atoms with E-state index < -0.39 is 12.1 Å². The van der Waals surface area contributed by atoms with E-state index in [0.717, 1.165) is 38.5 Å². The SMILES string of the molecule is CCCCCCCCCCCCCC/C=C/C(O)C(CO)NC(=O)CCCCCCCCCCCCCCCCCCCCCCCCCCCCOC(=O)CCCCCCCCCCCCCCCCCCCCC. The standard InChI is InChI=1S/C70H137NO5/c1-3-5-7-9-11-13-15-17-19-20-29-33-36-40-44-48-52-56-60-64-70(75)76-65-61-57-53-49-45-41-37-34-31-28-26-24-22-21-23-25-27-30-32-35-39-43-47-51-55-59-63-69(74)71-67(66-72)68(73)62-58-54-50-46-42-38-18-16-14-12-10-8-6-4-2/h58,62,67-68,72-73H,3-57,59-61,63-66H2,1-2H3,(H,71,74)/b62-58+.